The quantitative estimate of drug-likeness (QED) is 0.545. The molecule has 13 heavy (non-hydrogen) atoms. The Kier molecular flexibility index (Phi) is 7.17. The van der Waals surface area contributed by atoms with E-state index < -0.39 is 5.97 Å². The molecule has 0 aromatic rings. The zero-order chi connectivity index (χ0) is 10.2. The van der Waals surface area contributed by atoms with E-state index in [9.17, 15) is 0 Å². The molecule has 4 heteroatoms. The van der Waals surface area contributed by atoms with E-state index in [0.717, 1.165) is 0 Å². The first-order chi connectivity index (χ1) is 6.24. The Morgan fingerprint density at radius 2 is 1.31 bits per heavy atom. The lowest BCUT2D eigenvalue weighted by Crippen LogP contribution is -2.43. The predicted molar refractivity (Wildman–Crippen MR) is 48.9 cm³/mol. The van der Waals surface area contributed by atoms with Crippen LogP contribution in [0.3, 0.4) is 0 Å². The molecule has 0 amide bonds. The first kappa shape index (κ1) is 12.8. The Morgan fingerprint density at radius 3 is 1.54 bits per heavy atom. The van der Waals surface area contributed by atoms with Crippen LogP contribution in [-0.4, -0.2) is 32.4 Å². The number of hydrogen-bond acceptors (Lipinski definition) is 4. The van der Waals surface area contributed by atoms with Gasteiger partial charge < -0.3 is 18.9 Å². The predicted octanol–water partition coefficient (Wildman–Crippen LogP) is 1.56. The van der Waals surface area contributed by atoms with Crippen LogP contribution in [0.25, 0.3) is 0 Å². The second-order valence-electron chi connectivity index (χ2n) is 2.33. The number of rotatable bonds is 8. The molecule has 0 saturated heterocycles. The van der Waals surface area contributed by atoms with Gasteiger partial charge in [0.05, 0.1) is 7.11 Å². The molecule has 0 unspecified atom stereocenters. The zero-order valence-electron chi connectivity index (χ0n) is 8.67. The fourth-order valence-corrected chi connectivity index (χ4v) is 1.03. The van der Waals surface area contributed by atoms with Gasteiger partial charge in [0.1, 0.15) is 6.61 Å². The molecule has 0 bridgehead atoms. The Bertz CT molecular complexity index is 86.7. The summed E-state index contributed by atoms with van der Waals surface area (Å²) in [5.74, 6) is -1.08. The summed E-state index contributed by atoms with van der Waals surface area (Å²) in [7, 11) is 3.28. The van der Waals surface area contributed by atoms with Crippen molar-refractivity contribution < 1.29 is 18.9 Å². The summed E-state index contributed by atoms with van der Waals surface area (Å²) < 4.78 is 20.8. The topological polar surface area (TPSA) is 36.9 Å². The van der Waals surface area contributed by atoms with Crippen molar-refractivity contribution in [2.45, 2.75) is 26.7 Å². The van der Waals surface area contributed by atoms with Crippen molar-refractivity contribution in [3.8, 4) is 0 Å². The standard InChI is InChI=1S/C9H19O4/c1-5-11-9(8-10-4,12-6-2)13-7-3/h4-8H2,1-3H3. The molecule has 0 aromatic carbocycles. The molecule has 0 N–H and O–H groups in total. The molecule has 0 spiro atoms. The Hall–Kier alpha value is -0.160. The van der Waals surface area contributed by atoms with E-state index in [1.165, 1.54) is 0 Å². The zero-order valence-corrected chi connectivity index (χ0v) is 8.67. The normalized spacial score (nSPS) is 12.0. The molecule has 1 radical (unpaired) electrons. The highest BCUT2D eigenvalue weighted by Crippen LogP contribution is 2.15. The SMILES string of the molecule is [CH2]OCC(OCC)(OCC)OCC. The lowest BCUT2D eigenvalue weighted by Gasteiger charge is -2.31. The highest BCUT2D eigenvalue weighted by molar-refractivity contribution is 4.55. The van der Waals surface area contributed by atoms with Crippen molar-refractivity contribution in [3.63, 3.8) is 0 Å². The van der Waals surface area contributed by atoms with Crippen LogP contribution in [0, 0.1) is 7.11 Å². The molecule has 0 rings (SSSR count). The van der Waals surface area contributed by atoms with Crippen molar-refractivity contribution in [1.82, 2.24) is 0 Å². The highest BCUT2D eigenvalue weighted by Gasteiger charge is 2.32. The van der Waals surface area contributed by atoms with Gasteiger partial charge in [-0.15, -0.1) is 0 Å². The minimum atomic E-state index is -1.08. The van der Waals surface area contributed by atoms with Gasteiger partial charge in [-0.25, -0.2) is 0 Å². The summed E-state index contributed by atoms with van der Waals surface area (Å²) in [5, 5.41) is 0. The molecule has 0 aromatic heterocycles. The van der Waals surface area contributed by atoms with Crippen LogP contribution in [0.15, 0.2) is 0 Å². The molecule has 0 heterocycles. The van der Waals surface area contributed by atoms with Gasteiger partial charge in [0.2, 0.25) is 0 Å². The summed E-state index contributed by atoms with van der Waals surface area (Å²) in [6.07, 6.45) is 0. The van der Waals surface area contributed by atoms with Gasteiger partial charge >= 0.3 is 5.97 Å². The van der Waals surface area contributed by atoms with Gasteiger partial charge in [0.25, 0.3) is 0 Å². The van der Waals surface area contributed by atoms with E-state index in [4.69, 9.17) is 18.9 Å². The van der Waals surface area contributed by atoms with Crippen LogP contribution in [0.1, 0.15) is 20.8 Å². The van der Waals surface area contributed by atoms with E-state index in [0.29, 0.717) is 19.8 Å². The van der Waals surface area contributed by atoms with Crippen LogP contribution in [0.2, 0.25) is 0 Å². The maximum atomic E-state index is 5.34. The third-order valence-corrected chi connectivity index (χ3v) is 1.37. The highest BCUT2D eigenvalue weighted by atomic mass is 16.9. The van der Waals surface area contributed by atoms with E-state index in [-0.39, 0.29) is 6.61 Å². The van der Waals surface area contributed by atoms with Crippen LogP contribution in [0.4, 0.5) is 0 Å². The lowest BCUT2D eigenvalue weighted by molar-refractivity contribution is -0.388. The largest absolute Gasteiger partial charge is 0.371 e. The summed E-state index contributed by atoms with van der Waals surface area (Å²) in [5.41, 5.74) is 0. The molecule has 4 nitrogen and oxygen atoms in total. The molecular formula is C9H19O4. The molecule has 0 fully saturated rings. The van der Waals surface area contributed by atoms with E-state index in [1.54, 1.807) is 0 Å². The maximum absolute atomic E-state index is 5.34. The Labute approximate surface area is 80.1 Å². The van der Waals surface area contributed by atoms with Gasteiger partial charge in [0.15, 0.2) is 0 Å². The van der Waals surface area contributed by atoms with Crippen molar-refractivity contribution in [1.29, 1.82) is 0 Å². The smallest absolute Gasteiger partial charge is 0.307 e. The van der Waals surface area contributed by atoms with Crippen LogP contribution in [0.5, 0.6) is 0 Å². The van der Waals surface area contributed by atoms with Crippen LogP contribution < -0.4 is 0 Å². The number of ether oxygens (including phenoxy) is 4. The fraction of sp³-hybridized carbons (Fsp3) is 0.889. The maximum Gasteiger partial charge on any atom is 0.307 e. The first-order valence-corrected chi connectivity index (χ1v) is 4.53. The first-order valence-electron chi connectivity index (χ1n) is 4.53. The minimum absolute atomic E-state index is 0.169. The van der Waals surface area contributed by atoms with Gasteiger partial charge in [-0.1, -0.05) is 0 Å². The minimum Gasteiger partial charge on any atom is -0.371 e. The van der Waals surface area contributed by atoms with Gasteiger partial charge in [-0.05, 0) is 20.8 Å². The van der Waals surface area contributed by atoms with E-state index >= 15 is 0 Å². The third kappa shape index (κ3) is 4.57. The summed E-state index contributed by atoms with van der Waals surface area (Å²) in [4.78, 5) is 0. The van der Waals surface area contributed by atoms with Crippen molar-refractivity contribution in [3.05, 3.63) is 7.11 Å². The Balaban J connectivity index is 4.19. The second-order valence-corrected chi connectivity index (χ2v) is 2.33. The van der Waals surface area contributed by atoms with Crippen molar-refractivity contribution in [2.75, 3.05) is 26.4 Å². The van der Waals surface area contributed by atoms with Crippen molar-refractivity contribution >= 4 is 0 Å². The molecule has 0 aliphatic rings. The van der Waals surface area contributed by atoms with Crippen LogP contribution in [-0.2, 0) is 18.9 Å². The molecule has 0 aliphatic heterocycles. The van der Waals surface area contributed by atoms with Gasteiger partial charge in [-0.3, -0.25) is 0 Å². The summed E-state index contributed by atoms with van der Waals surface area (Å²) >= 11 is 0. The molecule has 0 atom stereocenters. The Morgan fingerprint density at radius 1 is 0.923 bits per heavy atom. The lowest BCUT2D eigenvalue weighted by atomic mass is 10.5. The average Bonchev–Trinajstić information content (AvgIpc) is 2.06. The van der Waals surface area contributed by atoms with E-state index in [2.05, 4.69) is 7.11 Å². The summed E-state index contributed by atoms with van der Waals surface area (Å²) in [6.45, 7) is 7.29. The fourth-order valence-electron chi connectivity index (χ4n) is 1.03. The van der Waals surface area contributed by atoms with E-state index in [1.807, 2.05) is 20.8 Å². The average molecular weight is 191 g/mol. The second kappa shape index (κ2) is 7.26. The molecule has 0 saturated carbocycles. The molecule has 0 aliphatic carbocycles. The summed E-state index contributed by atoms with van der Waals surface area (Å²) in [6, 6.07) is 0. The third-order valence-electron chi connectivity index (χ3n) is 1.37. The van der Waals surface area contributed by atoms with Crippen molar-refractivity contribution in [2.24, 2.45) is 0 Å². The van der Waals surface area contributed by atoms with Crippen LogP contribution >= 0.6 is 0 Å². The monoisotopic (exact) mass is 191 g/mol. The van der Waals surface area contributed by atoms with Gasteiger partial charge in [-0.2, -0.15) is 0 Å². The molecular weight excluding hydrogens is 172 g/mol. The van der Waals surface area contributed by atoms with Gasteiger partial charge in [0, 0.05) is 19.8 Å². The number of hydrogen-bond donors (Lipinski definition) is 0. The molecule has 79 valence electrons.